The van der Waals surface area contributed by atoms with Crippen molar-refractivity contribution < 1.29 is 9.59 Å². The third-order valence-electron chi connectivity index (χ3n) is 4.85. The van der Waals surface area contributed by atoms with Crippen LogP contribution in [0.4, 0.5) is 0 Å². The average Bonchev–Trinajstić information content (AvgIpc) is 2.89. The lowest BCUT2D eigenvalue weighted by atomic mass is 10.1. The summed E-state index contributed by atoms with van der Waals surface area (Å²) < 4.78 is 1.96. The molecule has 142 valence electrons. The molecular formula is C21H31N3O2. The number of hydrogen-bond donors (Lipinski definition) is 1. The lowest BCUT2D eigenvalue weighted by Gasteiger charge is -2.20. The van der Waals surface area contributed by atoms with Crippen LogP contribution in [0.5, 0.6) is 0 Å². The molecule has 0 spiro atoms. The van der Waals surface area contributed by atoms with E-state index in [9.17, 15) is 9.59 Å². The molecule has 0 aliphatic heterocycles. The number of aryl methyl sites for hydroxylation is 1. The van der Waals surface area contributed by atoms with E-state index < -0.39 is 11.7 Å². The monoisotopic (exact) mass is 357 g/mol. The molecule has 1 aromatic carbocycles. The van der Waals surface area contributed by atoms with Gasteiger partial charge in [0.2, 0.25) is 0 Å². The molecule has 0 atom stereocenters. The molecule has 0 unspecified atom stereocenters. The fourth-order valence-electron chi connectivity index (χ4n) is 3.47. The number of carbonyl (C=O) groups is 2. The molecule has 0 aliphatic carbocycles. The van der Waals surface area contributed by atoms with Gasteiger partial charge < -0.3 is 14.8 Å². The van der Waals surface area contributed by atoms with E-state index in [-0.39, 0.29) is 0 Å². The summed E-state index contributed by atoms with van der Waals surface area (Å²) in [7, 11) is 1.92. The molecule has 5 heteroatoms. The highest BCUT2D eigenvalue weighted by molar-refractivity contribution is 6.45. The minimum Gasteiger partial charge on any atom is -0.349 e. The van der Waals surface area contributed by atoms with Crippen LogP contribution in [0.3, 0.4) is 0 Å². The van der Waals surface area contributed by atoms with Crippen LogP contribution in [-0.4, -0.2) is 47.3 Å². The predicted octanol–water partition coefficient (Wildman–Crippen LogP) is 3.30. The Hall–Kier alpha value is -2.14. The first-order valence-electron chi connectivity index (χ1n) is 9.60. The van der Waals surface area contributed by atoms with E-state index in [0.29, 0.717) is 12.1 Å². The minimum absolute atomic E-state index is 0.446. The molecule has 1 aromatic heterocycles. The van der Waals surface area contributed by atoms with Crippen molar-refractivity contribution in [3.8, 4) is 0 Å². The average molecular weight is 357 g/mol. The van der Waals surface area contributed by atoms with Crippen LogP contribution in [0.1, 0.15) is 49.2 Å². The number of ketones is 1. The van der Waals surface area contributed by atoms with Gasteiger partial charge in [0.1, 0.15) is 0 Å². The van der Waals surface area contributed by atoms with Crippen molar-refractivity contribution in [2.75, 3.05) is 26.2 Å². The summed E-state index contributed by atoms with van der Waals surface area (Å²) in [5.41, 5.74) is 2.30. The highest BCUT2D eigenvalue weighted by Crippen LogP contribution is 2.25. The number of carbonyl (C=O) groups excluding carboxylic acids is 2. The minimum atomic E-state index is -0.512. The molecule has 2 rings (SSSR count). The van der Waals surface area contributed by atoms with Gasteiger partial charge in [0.15, 0.2) is 0 Å². The number of rotatable bonds is 10. The van der Waals surface area contributed by atoms with Crippen LogP contribution in [-0.2, 0) is 11.8 Å². The van der Waals surface area contributed by atoms with Gasteiger partial charge >= 0.3 is 0 Å². The van der Waals surface area contributed by atoms with Gasteiger partial charge in [-0.05, 0) is 51.9 Å². The van der Waals surface area contributed by atoms with Crippen molar-refractivity contribution in [2.45, 2.75) is 40.0 Å². The third kappa shape index (κ3) is 4.52. The Labute approximate surface area is 156 Å². The van der Waals surface area contributed by atoms with Gasteiger partial charge in [0.25, 0.3) is 11.7 Å². The Balaban J connectivity index is 1.96. The van der Waals surface area contributed by atoms with Crippen molar-refractivity contribution in [3.05, 3.63) is 35.5 Å². The molecule has 0 bridgehead atoms. The zero-order valence-corrected chi connectivity index (χ0v) is 16.5. The maximum absolute atomic E-state index is 12.7. The summed E-state index contributed by atoms with van der Waals surface area (Å²) in [5.74, 6) is -0.958. The Morgan fingerprint density at radius 3 is 2.38 bits per heavy atom. The topological polar surface area (TPSA) is 54.3 Å². The molecule has 2 aromatic rings. The SMILES string of the molecule is CCCN(CCC)CCCNC(=O)C(=O)c1c(C)n(C)c2ccccc12. The van der Waals surface area contributed by atoms with Crippen LogP contribution in [0.2, 0.25) is 0 Å². The van der Waals surface area contributed by atoms with E-state index in [1.165, 1.54) is 0 Å². The van der Waals surface area contributed by atoms with Gasteiger partial charge in [-0.2, -0.15) is 0 Å². The lowest BCUT2D eigenvalue weighted by molar-refractivity contribution is -0.117. The summed E-state index contributed by atoms with van der Waals surface area (Å²) in [5, 5.41) is 3.63. The number of Topliss-reactive ketones (excluding diaryl/α,β-unsaturated/α-hetero) is 1. The van der Waals surface area contributed by atoms with Crippen LogP contribution in [0.15, 0.2) is 24.3 Å². The molecule has 0 saturated heterocycles. The Morgan fingerprint density at radius 1 is 1.08 bits per heavy atom. The molecule has 0 saturated carbocycles. The number of fused-ring (bicyclic) bond motifs is 1. The third-order valence-corrected chi connectivity index (χ3v) is 4.85. The normalized spacial score (nSPS) is 11.3. The maximum Gasteiger partial charge on any atom is 0.292 e. The molecule has 1 heterocycles. The summed E-state index contributed by atoms with van der Waals surface area (Å²) >= 11 is 0. The fourth-order valence-corrected chi connectivity index (χ4v) is 3.47. The van der Waals surface area contributed by atoms with Crippen molar-refractivity contribution >= 4 is 22.6 Å². The second kappa shape index (κ2) is 9.53. The molecule has 0 radical (unpaired) electrons. The maximum atomic E-state index is 12.7. The number of nitrogens with zero attached hydrogens (tertiary/aromatic N) is 2. The number of para-hydroxylation sites is 1. The molecular weight excluding hydrogens is 326 g/mol. The summed E-state index contributed by atoms with van der Waals surface area (Å²) in [4.78, 5) is 27.5. The zero-order chi connectivity index (χ0) is 19.1. The van der Waals surface area contributed by atoms with Gasteiger partial charge in [0.05, 0.1) is 5.56 Å². The number of nitrogens with one attached hydrogen (secondary N) is 1. The predicted molar refractivity (Wildman–Crippen MR) is 107 cm³/mol. The highest BCUT2D eigenvalue weighted by atomic mass is 16.2. The first kappa shape index (κ1) is 20.2. The zero-order valence-electron chi connectivity index (χ0n) is 16.5. The van der Waals surface area contributed by atoms with E-state index in [1.807, 2.05) is 42.8 Å². The largest absolute Gasteiger partial charge is 0.349 e. The first-order valence-corrected chi connectivity index (χ1v) is 9.60. The quantitative estimate of drug-likeness (QED) is 0.403. The second-order valence-corrected chi connectivity index (χ2v) is 6.82. The van der Waals surface area contributed by atoms with E-state index in [0.717, 1.165) is 55.5 Å². The highest BCUT2D eigenvalue weighted by Gasteiger charge is 2.23. The summed E-state index contributed by atoms with van der Waals surface area (Å²) in [6.45, 7) is 9.87. The van der Waals surface area contributed by atoms with Gasteiger partial charge in [0, 0.05) is 30.2 Å². The molecule has 0 aliphatic rings. The number of benzene rings is 1. The molecule has 1 N–H and O–H groups in total. The number of aromatic nitrogens is 1. The van der Waals surface area contributed by atoms with Gasteiger partial charge in [-0.1, -0.05) is 32.0 Å². The Kier molecular flexibility index (Phi) is 7.39. The van der Waals surface area contributed by atoms with Crippen molar-refractivity contribution in [3.63, 3.8) is 0 Å². The first-order chi connectivity index (χ1) is 12.5. The van der Waals surface area contributed by atoms with Crippen LogP contribution in [0.25, 0.3) is 10.9 Å². The van der Waals surface area contributed by atoms with Gasteiger partial charge in [-0.25, -0.2) is 0 Å². The fraction of sp³-hybridized carbons (Fsp3) is 0.524. The second-order valence-electron chi connectivity index (χ2n) is 6.82. The van der Waals surface area contributed by atoms with Crippen molar-refractivity contribution in [1.29, 1.82) is 0 Å². The van der Waals surface area contributed by atoms with Crippen LogP contribution in [0, 0.1) is 6.92 Å². The molecule has 0 fully saturated rings. The van der Waals surface area contributed by atoms with Crippen molar-refractivity contribution in [2.24, 2.45) is 7.05 Å². The van der Waals surface area contributed by atoms with E-state index in [1.54, 1.807) is 0 Å². The smallest absolute Gasteiger partial charge is 0.292 e. The standard InChI is InChI=1S/C21H31N3O2/c1-5-13-24(14-6-2)15-9-12-22-21(26)20(25)19-16(3)23(4)18-11-8-7-10-17(18)19/h7-8,10-11H,5-6,9,12-15H2,1-4H3,(H,22,26). The molecule has 26 heavy (non-hydrogen) atoms. The Bertz CT molecular complexity index is 758. The van der Waals surface area contributed by atoms with Crippen LogP contribution < -0.4 is 5.32 Å². The van der Waals surface area contributed by atoms with E-state index in [2.05, 4.69) is 24.1 Å². The number of amides is 1. The summed E-state index contributed by atoms with van der Waals surface area (Å²) in [6, 6.07) is 7.70. The lowest BCUT2D eigenvalue weighted by Crippen LogP contribution is -2.34. The number of hydrogen-bond acceptors (Lipinski definition) is 3. The van der Waals surface area contributed by atoms with Crippen LogP contribution >= 0.6 is 0 Å². The summed E-state index contributed by atoms with van der Waals surface area (Å²) in [6.07, 6.45) is 3.12. The van der Waals surface area contributed by atoms with E-state index in [4.69, 9.17) is 0 Å². The van der Waals surface area contributed by atoms with Crippen molar-refractivity contribution in [1.82, 2.24) is 14.8 Å². The van der Waals surface area contributed by atoms with Gasteiger partial charge in [-0.3, -0.25) is 9.59 Å². The van der Waals surface area contributed by atoms with E-state index >= 15 is 0 Å². The Morgan fingerprint density at radius 2 is 1.73 bits per heavy atom. The molecule has 5 nitrogen and oxygen atoms in total. The molecule has 1 amide bonds. The van der Waals surface area contributed by atoms with Gasteiger partial charge in [-0.15, -0.1) is 0 Å².